The van der Waals surface area contributed by atoms with E-state index in [9.17, 15) is 4.39 Å². The lowest BCUT2D eigenvalue weighted by molar-refractivity contribution is 0.241. The third-order valence-electron chi connectivity index (χ3n) is 3.67. The second-order valence-electron chi connectivity index (χ2n) is 5.66. The fourth-order valence-corrected chi connectivity index (χ4v) is 2.77. The van der Waals surface area contributed by atoms with E-state index in [0.717, 1.165) is 18.7 Å². The molecule has 1 unspecified atom stereocenters. The van der Waals surface area contributed by atoms with E-state index in [2.05, 4.69) is 11.4 Å². The number of benzene rings is 2. The second-order valence-corrected chi connectivity index (χ2v) is 5.66. The first-order chi connectivity index (χ1) is 10.1. The van der Waals surface area contributed by atoms with Crippen molar-refractivity contribution in [2.75, 3.05) is 11.9 Å². The molecule has 0 aromatic heterocycles. The summed E-state index contributed by atoms with van der Waals surface area (Å²) in [5.74, 6) is 0.714. The number of halogens is 1. The standard InChI is InChI=1S/C18H20FNO/c1-12(2)21-15-7-3-6-14(11-15)17(19)16-8-4-5-13-9-10-20-18(13)16/h3-8,11-12,17,20H,9-10H2,1-2H3. The van der Waals surface area contributed by atoms with Gasteiger partial charge < -0.3 is 10.1 Å². The minimum absolute atomic E-state index is 0.0842. The Morgan fingerprint density at radius 2 is 1.95 bits per heavy atom. The maximum Gasteiger partial charge on any atom is 0.152 e. The number of rotatable bonds is 4. The van der Waals surface area contributed by atoms with Crippen LogP contribution in [0.25, 0.3) is 0 Å². The highest BCUT2D eigenvalue weighted by molar-refractivity contribution is 5.63. The van der Waals surface area contributed by atoms with Crippen molar-refractivity contribution >= 4 is 5.69 Å². The molecule has 1 N–H and O–H groups in total. The van der Waals surface area contributed by atoms with Gasteiger partial charge in [0.1, 0.15) is 5.75 Å². The van der Waals surface area contributed by atoms with Crippen molar-refractivity contribution in [3.05, 3.63) is 59.2 Å². The molecule has 1 heterocycles. The summed E-state index contributed by atoms with van der Waals surface area (Å²) in [7, 11) is 0. The van der Waals surface area contributed by atoms with Crippen LogP contribution in [-0.2, 0) is 6.42 Å². The molecule has 0 spiro atoms. The van der Waals surface area contributed by atoms with Gasteiger partial charge in [-0.3, -0.25) is 0 Å². The molecule has 2 aromatic rings. The van der Waals surface area contributed by atoms with Crippen LogP contribution in [0.3, 0.4) is 0 Å². The van der Waals surface area contributed by atoms with Crippen LogP contribution in [0.5, 0.6) is 5.75 Å². The first kappa shape index (κ1) is 13.9. The molecule has 0 aliphatic carbocycles. The van der Waals surface area contributed by atoms with Gasteiger partial charge in [0.15, 0.2) is 6.17 Å². The normalized spacial score (nSPS) is 14.7. The Morgan fingerprint density at radius 3 is 2.76 bits per heavy atom. The number of alkyl halides is 1. The molecule has 3 rings (SSSR count). The van der Waals surface area contributed by atoms with Gasteiger partial charge in [-0.25, -0.2) is 4.39 Å². The molecule has 0 radical (unpaired) electrons. The Hall–Kier alpha value is -2.03. The van der Waals surface area contributed by atoms with Crippen molar-refractivity contribution in [1.82, 2.24) is 0 Å². The highest BCUT2D eigenvalue weighted by atomic mass is 19.1. The topological polar surface area (TPSA) is 21.3 Å². The van der Waals surface area contributed by atoms with Crippen molar-refractivity contribution in [3.63, 3.8) is 0 Å². The molecule has 21 heavy (non-hydrogen) atoms. The number of nitrogens with one attached hydrogen (secondary N) is 1. The minimum Gasteiger partial charge on any atom is -0.491 e. The number of fused-ring (bicyclic) bond motifs is 1. The van der Waals surface area contributed by atoms with Gasteiger partial charge in [-0.15, -0.1) is 0 Å². The van der Waals surface area contributed by atoms with Gasteiger partial charge in [0, 0.05) is 17.8 Å². The van der Waals surface area contributed by atoms with Gasteiger partial charge in [0.2, 0.25) is 0 Å². The molecule has 2 aromatic carbocycles. The molecule has 3 heteroatoms. The largest absolute Gasteiger partial charge is 0.491 e. The third kappa shape index (κ3) is 2.87. The Bertz CT molecular complexity index is 639. The predicted octanol–water partition coefficient (Wildman–Crippen LogP) is 4.50. The van der Waals surface area contributed by atoms with Gasteiger partial charge in [0.05, 0.1) is 6.10 Å². The fraction of sp³-hybridized carbons (Fsp3) is 0.333. The summed E-state index contributed by atoms with van der Waals surface area (Å²) in [5.41, 5.74) is 3.51. The van der Waals surface area contributed by atoms with E-state index in [1.54, 1.807) is 6.07 Å². The maximum atomic E-state index is 14.9. The van der Waals surface area contributed by atoms with Crippen LogP contribution in [0.4, 0.5) is 10.1 Å². The van der Waals surface area contributed by atoms with E-state index in [1.807, 2.05) is 44.2 Å². The Balaban J connectivity index is 1.92. The summed E-state index contributed by atoms with van der Waals surface area (Å²) in [6, 6.07) is 13.2. The Morgan fingerprint density at radius 1 is 1.14 bits per heavy atom. The van der Waals surface area contributed by atoms with Gasteiger partial charge in [-0.05, 0) is 43.5 Å². The van der Waals surface area contributed by atoms with Crippen LogP contribution >= 0.6 is 0 Å². The zero-order valence-electron chi connectivity index (χ0n) is 12.4. The molecular weight excluding hydrogens is 265 g/mol. The van der Waals surface area contributed by atoms with Gasteiger partial charge in [-0.2, -0.15) is 0 Å². The van der Waals surface area contributed by atoms with Crippen LogP contribution in [-0.4, -0.2) is 12.6 Å². The van der Waals surface area contributed by atoms with Crippen LogP contribution in [0.2, 0.25) is 0 Å². The molecule has 1 atom stereocenters. The average Bonchev–Trinajstić information content (AvgIpc) is 2.94. The number of hydrogen-bond donors (Lipinski definition) is 1. The number of hydrogen-bond acceptors (Lipinski definition) is 2. The molecule has 1 aliphatic heterocycles. The molecule has 110 valence electrons. The summed E-state index contributed by atoms with van der Waals surface area (Å²) >= 11 is 0. The zero-order valence-corrected chi connectivity index (χ0v) is 12.4. The Labute approximate surface area is 125 Å². The number of anilines is 1. The lowest BCUT2D eigenvalue weighted by atomic mass is 9.98. The quantitative estimate of drug-likeness (QED) is 0.893. The van der Waals surface area contributed by atoms with Gasteiger partial charge in [-0.1, -0.05) is 30.3 Å². The monoisotopic (exact) mass is 285 g/mol. The zero-order chi connectivity index (χ0) is 14.8. The lowest BCUT2D eigenvalue weighted by Gasteiger charge is -2.16. The van der Waals surface area contributed by atoms with E-state index in [0.29, 0.717) is 16.9 Å². The van der Waals surface area contributed by atoms with Crippen molar-refractivity contribution in [3.8, 4) is 5.75 Å². The average molecular weight is 285 g/mol. The molecular formula is C18H20FNO. The van der Waals surface area contributed by atoms with E-state index < -0.39 is 6.17 Å². The van der Waals surface area contributed by atoms with Crippen LogP contribution < -0.4 is 10.1 Å². The first-order valence-electron chi connectivity index (χ1n) is 7.41. The van der Waals surface area contributed by atoms with E-state index >= 15 is 0 Å². The summed E-state index contributed by atoms with van der Waals surface area (Å²) in [6.45, 7) is 4.82. The van der Waals surface area contributed by atoms with E-state index in [-0.39, 0.29) is 6.10 Å². The van der Waals surface area contributed by atoms with Crippen molar-refractivity contribution < 1.29 is 9.13 Å². The molecule has 0 saturated heterocycles. The lowest BCUT2D eigenvalue weighted by Crippen LogP contribution is -2.06. The molecule has 1 aliphatic rings. The van der Waals surface area contributed by atoms with E-state index in [1.165, 1.54) is 5.56 Å². The molecule has 0 fully saturated rings. The van der Waals surface area contributed by atoms with Crippen molar-refractivity contribution in [2.45, 2.75) is 32.5 Å². The number of ether oxygens (including phenoxy) is 1. The van der Waals surface area contributed by atoms with Gasteiger partial charge in [0.25, 0.3) is 0 Å². The van der Waals surface area contributed by atoms with Crippen LogP contribution in [0, 0.1) is 0 Å². The highest BCUT2D eigenvalue weighted by Gasteiger charge is 2.21. The highest BCUT2D eigenvalue weighted by Crippen LogP contribution is 2.37. The minimum atomic E-state index is -1.14. The summed E-state index contributed by atoms with van der Waals surface area (Å²) in [5, 5.41) is 3.29. The van der Waals surface area contributed by atoms with Crippen molar-refractivity contribution in [2.24, 2.45) is 0 Å². The van der Waals surface area contributed by atoms with E-state index in [4.69, 9.17) is 4.74 Å². The maximum absolute atomic E-state index is 14.9. The Kier molecular flexibility index (Phi) is 3.82. The van der Waals surface area contributed by atoms with Crippen LogP contribution in [0.15, 0.2) is 42.5 Å². The fourth-order valence-electron chi connectivity index (χ4n) is 2.77. The molecule has 2 nitrogen and oxygen atoms in total. The summed E-state index contributed by atoms with van der Waals surface area (Å²) < 4.78 is 20.6. The summed E-state index contributed by atoms with van der Waals surface area (Å²) in [4.78, 5) is 0. The number of para-hydroxylation sites is 1. The van der Waals surface area contributed by atoms with Gasteiger partial charge >= 0.3 is 0 Å². The first-order valence-corrected chi connectivity index (χ1v) is 7.41. The molecule has 0 amide bonds. The summed E-state index contributed by atoms with van der Waals surface area (Å²) in [6.07, 6.45) is -0.0888. The molecule has 0 bridgehead atoms. The second kappa shape index (κ2) is 5.76. The smallest absolute Gasteiger partial charge is 0.152 e. The SMILES string of the molecule is CC(C)Oc1cccc(C(F)c2cccc3c2NCC3)c1. The van der Waals surface area contributed by atoms with Crippen molar-refractivity contribution in [1.29, 1.82) is 0 Å². The van der Waals surface area contributed by atoms with Crippen LogP contribution in [0.1, 0.15) is 36.7 Å². The predicted molar refractivity (Wildman–Crippen MR) is 83.8 cm³/mol. The molecule has 0 saturated carbocycles. The third-order valence-corrected chi connectivity index (χ3v) is 3.67.